The van der Waals surface area contributed by atoms with E-state index in [0.29, 0.717) is 27.2 Å². The predicted octanol–water partition coefficient (Wildman–Crippen LogP) is 2.80. The highest BCUT2D eigenvalue weighted by molar-refractivity contribution is 7.16. The number of hydrogen-bond acceptors (Lipinski definition) is 7. The fourth-order valence-electron chi connectivity index (χ4n) is 2.85. The Balaban J connectivity index is 2.07. The third-order valence-corrected chi connectivity index (χ3v) is 5.27. The first kappa shape index (κ1) is 21.3. The van der Waals surface area contributed by atoms with Gasteiger partial charge in [0.1, 0.15) is 17.8 Å². The summed E-state index contributed by atoms with van der Waals surface area (Å²) in [4.78, 5) is 41.0. The highest BCUT2D eigenvalue weighted by Gasteiger charge is 2.16. The number of benzene rings is 2. The number of ether oxygens (including phenoxy) is 3. The van der Waals surface area contributed by atoms with E-state index in [2.05, 4.69) is 9.73 Å². The van der Waals surface area contributed by atoms with Crippen LogP contribution in [0.2, 0.25) is 0 Å². The molecule has 0 aliphatic carbocycles. The number of carbonyl (C=O) groups excluding carboxylic acids is 3. The van der Waals surface area contributed by atoms with Gasteiger partial charge in [0.05, 0.1) is 31.1 Å². The van der Waals surface area contributed by atoms with Crippen LogP contribution < -0.4 is 9.54 Å². The molecule has 0 aliphatic rings. The number of fused-ring (bicyclic) bond motifs is 1. The molecule has 9 heteroatoms. The monoisotopic (exact) mass is 428 g/mol. The molecule has 0 saturated heterocycles. The van der Waals surface area contributed by atoms with Crippen LogP contribution in [0.25, 0.3) is 10.2 Å². The van der Waals surface area contributed by atoms with Crippen molar-refractivity contribution in [3.63, 3.8) is 0 Å². The summed E-state index contributed by atoms with van der Waals surface area (Å²) in [5, 5.41) is 0. The zero-order valence-corrected chi connectivity index (χ0v) is 17.5. The van der Waals surface area contributed by atoms with Crippen LogP contribution in [0.4, 0.5) is 0 Å². The van der Waals surface area contributed by atoms with Gasteiger partial charge in [0.15, 0.2) is 4.80 Å². The van der Waals surface area contributed by atoms with Crippen molar-refractivity contribution in [3.05, 3.63) is 58.4 Å². The Bertz CT molecular complexity index is 1160. The quantitative estimate of drug-likeness (QED) is 0.560. The molecule has 0 bridgehead atoms. The lowest BCUT2D eigenvalue weighted by Gasteiger charge is -2.08. The smallest absolute Gasteiger partial charge is 0.337 e. The van der Waals surface area contributed by atoms with E-state index in [-0.39, 0.29) is 13.2 Å². The van der Waals surface area contributed by atoms with Crippen molar-refractivity contribution in [1.82, 2.24) is 4.57 Å². The van der Waals surface area contributed by atoms with Crippen molar-refractivity contribution in [2.45, 2.75) is 13.5 Å². The summed E-state index contributed by atoms with van der Waals surface area (Å²) < 4.78 is 17.6. The summed E-state index contributed by atoms with van der Waals surface area (Å²) in [6.07, 6.45) is 0. The molecule has 1 amide bonds. The summed E-state index contributed by atoms with van der Waals surface area (Å²) in [7, 11) is 2.82. The molecule has 0 aliphatic heterocycles. The molecule has 3 rings (SSSR count). The summed E-state index contributed by atoms with van der Waals surface area (Å²) in [5.74, 6) is -0.881. The Hall–Kier alpha value is -3.46. The summed E-state index contributed by atoms with van der Waals surface area (Å²) in [6, 6.07) is 11.4. The number of methoxy groups -OCH3 is 2. The average Bonchev–Trinajstić information content (AvgIpc) is 3.10. The summed E-state index contributed by atoms with van der Waals surface area (Å²) >= 11 is 1.26. The van der Waals surface area contributed by atoms with E-state index in [1.165, 1.54) is 49.8 Å². The van der Waals surface area contributed by atoms with Gasteiger partial charge in [-0.3, -0.25) is 9.59 Å². The van der Waals surface area contributed by atoms with Gasteiger partial charge in [0, 0.05) is 5.56 Å². The van der Waals surface area contributed by atoms with Gasteiger partial charge in [-0.05, 0) is 43.3 Å². The minimum Gasteiger partial charge on any atom is -0.495 e. The molecule has 0 unspecified atom stereocenters. The van der Waals surface area contributed by atoms with Gasteiger partial charge in [-0.1, -0.05) is 17.4 Å². The first-order valence-electron chi connectivity index (χ1n) is 9.07. The molecule has 0 atom stereocenters. The first-order chi connectivity index (χ1) is 14.5. The molecule has 8 nitrogen and oxygen atoms in total. The van der Waals surface area contributed by atoms with Gasteiger partial charge in [0.2, 0.25) is 0 Å². The minimum atomic E-state index is -0.505. The molecular weight excluding hydrogens is 408 g/mol. The van der Waals surface area contributed by atoms with E-state index in [1.807, 2.05) is 12.1 Å². The van der Waals surface area contributed by atoms with Crippen LogP contribution >= 0.6 is 11.3 Å². The number of rotatable bonds is 6. The second kappa shape index (κ2) is 9.36. The van der Waals surface area contributed by atoms with Crippen LogP contribution in [-0.2, 0) is 20.8 Å². The van der Waals surface area contributed by atoms with E-state index in [1.54, 1.807) is 17.6 Å². The van der Waals surface area contributed by atoms with E-state index in [0.717, 1.165) is 4.70 Å². The van der Waals surface area contributed by atoms with Crippen LogP contribution in [0.1, 0.15) is 27.6 Å². The van der Waals surface area contributed by atoms with Gasteiger partial charge in [0.25, 0.3) is 5.91 Å². The molecule has 1 aromatic heterocycles. The summed E-state index contributed by atoms with van der Waals surface area (Å²) in [6.45, 7) is 1.86. The lowest BCUT2D eigenvalue weighted by molar-refractivity contribution is -0.143. The van der Waals surface area contributed by atoms with Crippen molar-refractivity contribution >= 4 is 39.4 Å². The fraction of sp³-hybridized carbons (Fsp3) is 0.238. The molecule has 1 heterocycles. The maximum atomic E-state index is 12.7. The Morgan fingerprint density at radius 3 is 2.37 bits per heavy atom. The molecular formula is C21H20N2O6S. The molecule has 0 spiro atoms. The largest absolute Gasteiger partial charge is 0.495 e. The Kier molecular flexibility index (Phi) is 6.63. The van der Waals surface area contributed by atoms with Gasteiger partial charge < -0.3 is 18.8 Å². The zero-order valence-electron chi connectivity index (χ0n) is 16.7. The van der Waals surface area contributed by atoms with Crippen molar-refractivity contribution in [1.29, 1.82) is 0 Å². The van der Waals surface area contributed by atoms with Crippen LogP contribution in [0.15, 0.2) is 47.5 Å². The number of hydrogen-bond donors (Lipinski definition) is 0. The lowest BCUT2D eigenvalue weighted by Crippen LogP contribution is -2.23. The van der Waals surface area contributed by atoms with Crippen molar-refractivity contribution < 1.29 is 28.6 Å². The molecule has 3 aromatic rings. The number of esters is 2. The third kappa shape index (κ3) is 4.41. The zero-order chi connectivity index (χ0) is 21.7. The molecule has 0 fully saturated rings. The van der Waals surface area contributed by atoms with Crippen molar-refractivity contribution in [2.75, 3.05) is 20.8 Å². The molecule has 0 N–H and O–H groups in total. The normalized spacial score (nSPS) is 11.4. The third-order valence-electron chi connectivity index (χ3n) is 4.23. The van der Waals surface area contributed by atoms with Crippen LogP contribution in [0.3, 0.4) is 0 Å². The van der Waals surface area contributed by atoms with Crippen LogP contribution in [0, 0.1) is 0 Å². The minimum absolute atomic E-state index is 0.110. The van der Waals surface area contributed by atoms with E-state index in [9.17, 15) is 14.4 Å². The van der Waals surface area contributed by atoms with Crippen molar-refractivity contribution in [2.24, 2.45) is 4.99 Å². The fourth-order valence-corrected chi connectivity index (χ4v) is 3.89. The van der Waals surface area contributed by atoms with E-state index < -0.39 is 17.8 Å². The van der Waals surface area contributed by atoms with E-state index >= 15 is 0 Å². The highest BCUT2D eigenvalue weighted by atomic mass is 32.1. The molecule has 30 heavy (non-hydrogen) atoms. The molecule has 2 aromatic carbocycles. The van der Waals surface area contributed by atoms with Crippen LogP contribution in [-0.4, -0.2) is 43.2 Å². The standard InChI is InChI=1S/C21H20N2O6S/c1-4-29-17(24)12-23-18-15(27-2)6-5-7-16(18)30-21(23)22-19(25)13-8-10-14(11-9-13)20(26)28-3/h5-11H,4,12H2,1-3H3. The predicted molar refractivity (Wildman–Crippen MR) is 111 cm³/mol. The maximum Gasteiger partial charge on any atom is 0.337 e. The first-order valence-corrected chi connectivity index (χ1v) is 9.89. The van der Waals surface area contributed by atoms with E-state index in [4.69, 9.17) is 9.47 Å². The van der Waals surface area contributed by atoms with Crippen molar-refractivity contribution in [3.8, 4) is 5.75 Å². The SMILES string of the molecule is CCOC(=O)Cn1c(=NC(=O)c2ccc(C(=O)OC)cc2)sc2cccc(OC)c21. The topological polar surface area (TPSA) is 96.2 Å². The van der Waals surface area contributed by atoms with Gasteiger partial charge in [-0.25, -0.2) is 4.79 Å². The molecule has 0 saturated carbocycles. The highest BCUT2D eigenvalue weighted by Crippen LogP contribution is 2.27. The van der Waals surface area contributed by atoms with Gasteiger partial charge >= 0.3 is 11.9 Å². The second-order valence-electron chi connectivity index (χ2n) is 6.07. The number of carbonyl (C=O) groups is 3. The Labute approximate surface area is 176 Å². The number of amides is 1. The number of aromatic nitrogens is 1. The Morgan fingerprint density at radius 2 is 1.73 bits per heavy atom. The molecule has 0 radical (unpaired) electrons. The number of nitrogens with zero attached hydrogens (tertiary/aromatic N) is 2. The lowest BCUT2D eigenvalue weighted by atomic mass is 10.1. The maximum absolute atomic E-state index is 12.7. The van der Waals surface area contributed by atoms with Gasteiger partial charge in [-0.15, -0.1) is 0 Å². The Morgan fingerprint density at radius 1 is 1.03 bits per heavy atom. The second-order valence-corrected chi connectivity index (χ2v) is 7.08. The van der Waals surface area contributed by atoms with Gasteiger partial charge in [-0.2, -0.15) is 4.99 Å². The number of thiazole rings is 1. The summed E-state index contributed by atoms with van der Waals surface area (Å²) in [5.41, 5.74) is 1.29. The molecule has 156 valence electrons. The van der Waals surface area contributed by atoms with Crippen LogP contribution in [0.5, 0.6) is 5.75 Å². The number of para-hydroxylation sites is 1. The average molecular weight is 428 g/mol.